The molecular weight excluding hydrogens is 366 g/mol. The minimum absolute atomic E-state index is 0.107. The predicted molar refractivity (Wildman–Crippen MR) is 111 cm³/mol. The topological polar surface area (TPSA) is 83.7 Å². The summed E-state index contributed by atoms with van der Waals surface area (Å²) in [5, 5.41) is 12.0. The largest absolute Gasteiger partial charge is 0.478 e. The number of carboxylic acid groups (broad SMARTS) is 1. The van der Waals surface area contributed by atoms with Crippen LogP contribution in [0, 0.1) is 13.8 Å². The van der Waals surface area contributed by atoms with E-state index in [1.807, 2.05) is 56.4 Å². The van der Waals surface area contributed by atoms with Crippen LogP contribution in [0.3, 0.4) is 0 Å². The highest BCUT2D eigenvalue weighted by molar-refractivity contribution is 6.08. The van der Waals surface area contributed by atoms with Crippen LogP contribution in [-0.4, -0.2) is 26.4 Å². The lowest BCUT2D eigenvalue weighted by Gasteiger charge is -2.09. The molecular formula is C23H19N3O3. The maximum Gasteiger partial charge on any atom is 0.335 e. The van der Waals surface area contributed by atoms with Crippen molar-refractivity contribution in [2.75, 3.05) is 5.32 Å². The van der Waals surface area contributed by atoms with Crippen molar-refractivity contribution < 1.29 is 14.7 Å². The molecule has 0 fully saturated rings. The van der Waals surface area contributed by atoms with Crippen LogP contribution in [0.1, 0.15) is 32.0 Å². The Bertz CT molecular complexity index is 1240. The summed E-state index contributed by atoms with van der Waals surface area (Å²) in [4.78, 5) is 29.1. The number of hydrogen-bond donors (Lipinski definition) is 2. The second-order valence-corrected chi connectivity index (χ2v) is 6.95. The normalized spacial score (nSPS) is 10.8. The number of nitrogens with one attached hydrogen (secondary N) is 1. The highest BCUT2D eigenvalue weighted by Crippen LogP contribution is 2.26. The van der Waals surface area contributed by atoms with Gasteiger partial charge >= 0.3 is 5.97 Å². The first kappa shape index (κ1) is 18.4. The van der Waals surface area contributed by atoms with Crippen molar-refractivity contribution in [3.8, 4) is 11.3 Å². The lowest BCUT2D eigenvalue weighted by atomic mass is 10.1. The van der Waals surface area contributed by atoms with Gasteiger partial charge in [0.15, 0.2) is 0 Å². The number of rotatable bonds is 4. The van der Waals surface area contributed by atoms with Crippen LogP contribution in [0.5, 0.6) is 0 Å². The van der Waals surface area contributed by atoms with E-state index in [4.69, 9.17) is 0 Å². The summed E-state index contributed by atoms with van der Waals surface area (Å²) < 4.78 is 1.76. The maximum atomic E-state index is 13.2. The Labute approximate surface area is 167 Å². The second-order valence-electron chi connectivity index (χ2n) is 6.95. The molecule has 0 aliphatic carbocycles. The smallest absolute Gasteiger partial charge is 0.335 e. The number of aromatic nitrogens is 2. The number of pyridine rings is 1. The third-order valence-electron chi connectivity index (χ3n) is 4.67. The van der Waals surface area contributed by atoms with Crippen molar-refractivity contribution in [2.24, 2.45) is 0 Å². The van der Waals surface area contributed by atoms with Gasteiger partial charge in [0.25, 0.3) is 5.91 Å². The van der Waals surface area contributed by atoms with Crippen LogP contribution < -0.4 is 5.32 Å². The van der Waals surface area contributed by atoms with Gasteiger partial charge in [-0.1, -0.05) is 42.0 Å². The van der Waals surface area contributed by atoms with E-state index < -0.39 is 5.97 Å². The fourth-order valence-corrected chi connectivity index (χ4v) is 3.20. The zero-order valence-corrected chi connectivity index (χ0v) is 16.0. The van der Waals surface area contributed by atoms with Gasteiger partial charge in [-0.25, -0.2) is 9.78 Å². The first-order valence-electron chi connectivity index (χ1n) is 9.13. The molecule has 0 spiro atoms. The monoisotopic (exact) mass is 385 g/mol. The Kier molecular flexibility index (Phi) is 4.60. The molecule has 2 aromatic heterocycles. The molecule has 2 aromatic carbocycles. The van der Waals surface area contributed by atoms with Crippen LogP contribution >= 0.6 is 0 Å². The van der Waals surface area contributed by atoms with E-state index in [2.05, 4.69) is 10.3 Å². The first-order chi connectivity index (χ1) is 13.9. The zero-order valence-electron chi connectivity index (χ0n) is 16.0. The number of carbonyl (C=O) groups is 2. The van der Waals surface area contributed by atoms with Crippen molar-refractivity contribution in [3.05, 3.63) is 89.2 Å². The van der Waals surface area contributed by atoms with E-state index in [1.54, 1.807) is 16.5 Å². The molecule has 2 N–H and O–H groups in total. The Morgan fingerprint density at radius 3 is 2.41 bits per heavy atom. The standard InChI is InChI=1S/C23H19N3O3/c1-14-6-9-16(10-7-14)20-21(26-13-15(2)8-11-19(26)25-20)22(27)24-18-5-3-4-17(12-18)23(28)29/h3-13H,1-2H3,(H,24,27)(H,28,29). The van der Waals surface area contributed by atoms with E-state index in [1.165, 1.54) is 12.1 Å². The quantitative estimate of drug-likeness (QED) is 0.539. The summed E-state index contributed by atoms with van der Waals surface area (Å²) in [5.74, 6) is -1.41. The second kappa shape index (κ2) is 7.24. The highest BCUT2D eigenvalue weighted by atomic mass is 16.4. The van der Waals surface area contributed by atoms with Gasteiger partial charge < -0.3 is 10.4 Å². The Balaban J connectivity index is 1.82. The summed E-state index contributed by atoms with van der Waals surface area (Å²) in [6, 6.07) is 17.8. The molecule has 0 radical (unpaired) electrons. The number of benzene rings is 2. The molecule has 0 aliphatic heterocycles. The molecule has 6 heteroatoms. The molecule has 144 valence electrons. The molecule has 0 saturated carbocycles. The molecule has 0 saturated heterocycles. The van der Waals surface area contributed by atoms with Gasteiger partial charge in [-0.05, 0) is 43.7 Å². The fraction of sp³-hybridized carbons (Fsp3) is 0.0870. The summed E-state index contributed by atoms with van der Waals surface area (Å²) in [7, 11) is 0. The van der Waals surface area contributed by atoms with Crippen molar-refractivity contribution in [2.45, 2.75) is 13.8 Å². The summed E-state index contributed by atoms with van der Waals surface area (Å²) in [6.07, 6.45) is 1.86. The van der Waals surface area contributed by atoms with Crippen molar-refractivity contribution in [1.82, 2.24) is 9.38 Å². The number of amides is 1. The average Bonchev–Trinajstić information content (AvgIpc) is 3.07. The van der Waals surface area contributed by atoms with Crippen molar-refractivity contribution in [3.63, 3.8) is 0 Å². The molecule has 4 rings (SSSR count). The molecule has 6 nitrogen and oxygen atoms in total. The number of fused-ring (bicyclic) bond motifs is 1. The molecule has 1 amide bonds. The lowest BCUT2D eigenvalue weighted by molar-refractivity contribution is 0.0696. The Morgan fingerprint density at radius 2 is 1.69 bits per heavy atom. The van der Waals surface area contributed by atoms with Gasteiger partial charge in [-0.3, -0.25) is 9.20 Å². The third-order valence-corrected chi connectivity index (χ3v) is 4.67. The first-order valence-corrected chi connectivity index (χ1v) is 9.13. The van der Waals surface area contributed by atoms with Gasteiger partial charge in [0.2, 0.25) is 0 Å². The molecule has 2 heterocycles. The lowest BCUT2D eigenvalue weighted by Crippen LogP contribution is -2.16. The third kappa shape index (κ3) is 3.60. The maximum absolute atomic E-state index is 13.2. The number of aryl methyl sites for hydroxylation is 2. The van der Waals surface area contributed by atoms with Crippen LogP contribution in [0.25, 0.3) is 16.9 Å². The van der Waals surface area contributed by atoms with E-state index in [-0.39, 0.29) is 11.5 Å². The number of nitrogens with zero attached hydrogens (tertiary/aromatic N) is 2. The molecule has 0 atom stereocenters. The number of imidazole rings is 1. The van der Waals surface area contributed by atoms with Gasteiger partial charge in [0.05, 0.1) is 5.56 Å². The highest BCUT2D eigenvalue weighted by Gasteiger charge is 2.21. The van der Waals surface area contributed by atoms with E-state index >= 15 is 0 Å². The minimum Gasteiger partial charge on any atom is -0.478 e. The van der Waals surface area contributed by atoms with Crippen LogP contribution in [0.4, 0.5) is 5.69 Å². The SMILES string of the molecule is Cc1ccc(-c2nc3ccc(C)cn3c2C(=O)Nc2cccc(C(=O)O)c2)cc1. The molecule has 0 aliphatic rings. The van der Waals surface area contributed by atoms with Gasteiger partial charge in [0.1, 0.15) is 17.0 Å². The molecule has 29 heavy (non-hydrogen) atoms. The van der Waals surface area contributed by atoms with Gasteiger partial charge in [-0.2, -0.15) is 0 Å². The Hall–Kier alpha value is -3.93. The number of carboxylic acids is 1. The van der Waals surface area contributed by atoms with Crippen LogP contribution in [0.2, 0.25) is 0 Å². The summed E-state index contributed by atoms with van der Waals surface area (Å²) in [6.45, 7) is 3.95. The Morgan fingerprint density at radius 1 is 0.966 bits per heavy atom. The average molecular weight is 385 g/mol. The van der Waals surface area contributed by atoms with Gasteiger partial charge in [-0.15, -0.1) is 0 Å². The van der Waals surface area contributed by atoms with Gasteiger partial charge in [0, 0.05) is 17.4 Å². The van der Waals surface area contributed by atoms with E-state index in [0.29, 0.717) is 22.7 Å². The molecule has 0 bridgehead atoms. The van der Waals surface area contributed by atoms with Crippen LogP contribution in [0.15, 0.2) is 66.9 Å². The summed E-state index contributed by atoms with van der Waals surface area (Å²) in [5.41, 5.74) is 5.09. The predicted octanol–water partition coefficient (Wildman–Crippen LogP) is 4.57. The van der Waals surface area contributed by atoms with Crippen molar-refractivity contribution >= 4 is 23.2 Å². The number of carbonyl (C=O) groups excluding carboxylic acids is 1. The number of aromatic carboxylic acids is 1. The zero-order chi connectivity index (χ0) is 20.5. The van der Waals surface area contributed by atoms with E-state index in [9.17, 15) is 14.7 Å². The molecule has 4 aromatic rings. The number of hydrogen-bond acceptors (Lipinski definition) is 3. The van der Waals surface area contributed by atoms with Crippen molar-refractivity contribution in [1.29, 1.82) is 0 Å². The van der Waals surface area contributed by atoms with Crippen LogP contribution in [-0.2, 0) is 0 Å². The summed E-state index contributed by atoms with van der Waals surface area (Å²) >= 11 is 0. The fourth-order valence-electron chi connectivity index (χ4n) is 3.20. The number of anilines is 1. The minimum atomic E-state index is -1.05. The van der Waals surface area contributed by atoms with E-state index in [0.717, 1.165) is 16.7 Å². The molecule has 0 unspecified atom stereocenters.